The molecule has 1 heterocycles. The number of amides is 1. The molecule has 1 aromatic heterocycles. The van der Waals surface area contributed by atoms with Gasteiger partial charge in [-0.05, 0) is 20.8 Å². The third kappa shape index (κ3) is 4.59. The van der Waals surface area contributed by atoms with E-state index in [2.05, 4.69) is 15.0 Å². The zero-order valence-corrected chi connectivity index (χ0v) is 11.1. The summed E-state index contributed by atoms with van der Waals surface area (Å²) in [5.41, 5.74) is -0.806. The first kappa shape index (κ1) is 15.0. The summed E-state index contributed by atoms with van der Waals surface area (Å²) in [5, 5.41) is 11.7. The van der Waals surface area contributed by atoms with E-state index >= 15 is 0 Å². The number of hydrogen-bond donors (Lipinski definition) is 2. The number of alkyl carbamates (subject to hydrolysis) is 1. The molecule has 8 heteroatoms. The van der Waals surface area contributed by atoms with Gasteiger partial charge in [0.2, 0.25) is 12.1 Å². The number of aromatic nitrogens is 1. The smallest absolute Gasteiger partial charge is 0.410 e. The average molecular weight is 272 g/mol. The molecular formula is C11H16N2O6. The van der Waals surface area contributed by atoms with Crippen LogP contribution in [0.2, 0.25) is 0 Å². The first-order chi connectivity index (χ1) is 8.73. The van der Waals surface area contributed by atoms with E-state index < -0.39 is 23.9 Å². The lowest BCUT2D eigenvalue weighted by Crippen LogP contribution is -2.35. The Kier molecular flexibility index (Phi) is 4.49. The summed E-state index contributed by atoms with van der Waals surface area (Å²) in [6.45, 7) is 5.04. The van der Waals surface area contributed by atoms with Crippen LogP contribution in [0.5, 0.6) is 0 Å². The normalized spacial score (nSPS) is 12.7. The number of hydrogen-bond acceptors (Lipinski definition) is 7. The van der Waals surface area contributed by atoms with E-state index in [9.17, 15) is 14.7 Å². The van der Waals surface area contributed by atoms with E-state index in [0.29, 0.717) is 0 Å². The lowest BCUT2D eigenvalue weighted by Gasteiger charge is -2.20. The second-order valence-electron chi connectivity index (χ2n) is 4.61. The molecule has 1 aromatic rings. The van der Waals surface area contributed by atoms with E-state index in [1.165, 1.54) is 7.11 Å². The molecule has 0 spiro atoms. The molecule has 0 aliphatic rings. The van der Waals surface area contributed by atoms with Crippen LogP contribution in [0.25, 0.3) is 0 Å². The first-order valence-corrected chi connectivity index (χ1v) is 5.44. The zero-order chi connectivity index (χ0) is 14.6. The summed E-state index contributed by atoms with van der Waals surface area (Å²) in [4.78, 5) is 26.2. The van der Waals surface area contributed by atoms with Crippen molar-refractivity contribution in [1.82, 2.24) is 10.3 Å². The molecule has 0 saturated heterocycles. The lowest BCUT2D eigenvalue weighted by molar-refractivity contribution is 0.0305. The number of carbonyl (C=O) groups is 2. The fraction of sp³-hybridized carbons (Fsp3) is 0.545. The highest BCUT2D eigenvalue weighted by molar-refractivity contribution is 5.86. The molecule has 0 bridgehead atoms. The third-order valence-electron chi connectivity index (χ3n) is 1.80. The van der Waals surface area contributed by atoms with Gasteiger partial charge in [0, 0.05) is 0 Å². The Bertz CT molecular complexity index is 462. The van der Waals surface area contributed by atoms with Crippen LogP contribution >= 0.6 is 0 Å². The maximum absolute atomic E-state index is 11.4. The second-order valence-corrected chi connectivity index (χ2v) is 4.61. The van der Waals surface area contributed by atoms with Crippen molar-refractivity contribution in [3.63, 3.8) is 0 Å². The number of nitrogens with zero attached hydrogens (tertiary/aromatic N) is 1. The van der Waals surface area contributed by atoms with Gasteiger partial charge in [0.1, 0.15) is 11.9 Å². The van der Waals surface area contributed by atoms with Crippen molar-refractivity contribution in [3.8, 4) is 0 Å². The maximum Gasteiger partial charge on any atom is 0.410 e. The number of nitrogens with one attached hydrogen (secondary N) is 1. The summed E-state index contributed by atoms with van der Waals surface area (Å²) >= 11 is 0. The van der Waals surface area contributed by atoms with E-state index in [4.69, 9.17) is 9.15 Å². The topological polar surface area (TPSA) is 111 Å². The molecule has 0 saturated carbocycles. The zero-order valence-electron chi connectivity index (χ0n) is 11.1. The van der Waals surface area contributed by atoms with E-state index in [0.717, 1.165) is 6.26 Å². The van der Waals surface area contributed by atoms with Crippen LogP contribution < -0.4 is 5.32 Å². The fourth-order valence-electron chi connectivity index (χ4n) is 1.09. The minimum Gasteiger partial charge on any atom is -0.464 e. The van der Waals surface area contributed by atoms with Crippen molar-refractivity contribution in [2.45, 2.75) is 32.6 Å². The summed E-state index contributed by atoms with van der Waals surface area (Å²) in [7, 11) is 1.19. The highest BCUT2D eigenvalue weighted by Gasteiger charge is 2.23. The Morgan fingerprint density at radius 2 is 2.11 bits per heavy atom. The summed E-state index contributed by atoms with van der Waals surface area (Å²) in [6, 6.07) is 0. The van der Waals surface area contributed by atoms with Gasteiger partial charge in [-0.15, -0.1) is 0 Å². The molecule has 1 unspecified atom stereocenters. The number of aliphatic hydroxyl groups excluding tert-OH is 1. The van der Waals surface area contributed by atoms with Gasteiger partial charge < -0.3 is 19.0 Å². The quantitative estimate of drug-likeness (QED) is 0.623. The monoisotopic (exact) mass is 272 g/mol. The number of rotatable bonds is 3. The number of ether oxygens (including phenoxy) is 2. The Morgan fingerprint density at radius 3 is 2.63 bits per heavy atom. The molecule has 1 rings (SSSR count). The Labute approximate surface area is 109 Å². The number of oxazole rings is 1. The van der Waals surface area contributed by atoms with Crippen LogP contribution in [-0.2, 0) is 9.47 Å². The van der Waals surface area contributed by atoms with Gasteiger partial charge >= 0.3 is 12.1 Å². The van der Waals surface area contributed by atoms with Gasteiger partial charge in [0.25, 0.3) is 0 Å². The molecule has 1 amide bonds. The van der Waals surface area contributed by atoms with Crippen LogP contribution in [0, 0.1) is 0 Å². The molecule has 19 heavy (non-hydrogen) atoms. The lowest BCUT2D eigenvalue weighted by atomic mass is 10.2. The van der Waals surface area contributed by atoms with Crippen LogP contribution in [0.1, 0.15) is 43.4 Å². The standard InChI is InChI=1S/C11H16N2O6/c1-11(2,3)19-10(16)13-7(14)8-12-6(5-18-8)9(15)17-4/h5,7,14H,1-4H3,(H,13,16). The summed E-state index contributed by atoms with van der Waals surface area (Å²) < 4.78 is 14.2. The van der Waals surface area contributed by atoms with Crippen LogP contribution in [0.4, 0.5) is 4.79 Å². The number of aliphatic hydroxyl groups is 1. The van der Waals surface area contributed by atoms with Gasteiger partial charge in [0.05, 0.1) is 7.11 Å². The van der Waals surface area contributed by atoms with Crippen molar-refractivity contribution in [2.75, 3.05) is 7.11 Å². The highest BCUT2D eigenvalue weighted by Crippen LogP contribution is 2.12. The Morgan fingerprint density at radius 1 is 1.47 bits per heavy atom. The molecule has 8 nitrogen and oxygen atoms in total. The second kappa shape index (κ2) is 5.70. The molecule has 2 N–H and O–H groups in total. The molecule has 0 aliphatic carbocycles. The van der Waals surface area contributed by atoms with Gasteiger partial charge in [-0.3, -0.25) is 5.32 Å². The average Bonchev–Trinajstić information content (AvgIpc) is 2.74. The fourth-order valence-corrected chi connectivity index (χ4v) is 1.09. The summed E-state index contributed by atoms with van der Waals surface area (Å²) in [6.07, 6.45) is -1.34. The van der Waals surface area contributed by atoms with Crippen LogP contribution in [-0.4, -0.2) is 34.9 Å². The van der Waals surface area contributed by atoms with Crippen molar-refractivity contribution >= 4 is 12.1 Å². The first-order valence-electron chi connectivity index (χ1n) is 5.44. The molecule has 0 fully saturated rings. The number of esters is 1. The van der Waals surface area contributed by atoms with Gasteiger partial charge in [-0.1, -0.05) is 0 Å². The van der Waals surface area contributed by atoms with Crippen molar-refractivity contribution < 1.29 is 28.6 Å². The van der Waals surface area contributed by atoms with E-state index in [1.54, 1.807) is 20.8 Å². The minimum atomic E-state index is -1.52. The van der Waals surface area contributed by atoms with Gasteiger partial charge in [0.15, 0.2) is 5.69 Å². The number of methoxy groups -OCH3 is 1. The van der Waals surface area contributed by atoms with Crippen LogP contribution in [0.3, 0.4) is 0 Å². The molecule has 0 aromatic carbocycles. The van der Waals surface area contributed by atoms with Crippen LogP contribution in [0.15, 0.2) is 10.7 Å². The highest BCUT2D eigenvalue weighted by atomic mass is 16.6. The predicted octanol–water partition coefficient (Wildman–Crippen LogP) is 0.977. The Hall–Kier alpha value is -2.09. The van der Waals surface area contributed by atoms with Crippen molar-refractivity contribution in [2.24, 2.45) is 0 Å². The largest absolute Gasteiger partial charge is 0.464 e. The minimum absolute atomic E-state index is 0.109. The Balaban J connectivity index is 2.63. The van der Waals surface area contributed by atoms with Crippen molar-refractivity contribution in [1.29, 1.82) is 0 Å². The third-order valence-corrected chi connectivity index (χ3v) is 1.80. The SMILES string of the molecule is COC(=O)c1coc(C(O)NC(=O)OC(C)(C)C)n1. The van der Waals surface area contributed by atoms with Crippen molar-refractivity contribution in [3.05, 3.63) is 17.8 Å². The van der Waals surface area contributed by atoms with Gasteiger partial charge in [-0.2, -0.15) is 0 Å². The maximum atomic E-state index is 11.4. The molecule has 0 aliphatic heterocycles. The summed E-state index contributed by atoms with van der Waals surface area (Å²) in [5.74, 6) is -0.953. The van der Waals surface area contributed by atoms with E-state index in [1.807, 2.05) is 0 Å². The van der Waals surface area contributed by atoms with E-state index in [-0.39, 0.29) is 11.6 Å². The van der Waals surface area contributed by atoms with Gasteiger partial charge in [-0.25, -0.2) is 14.6 Å². The number of carbonyl (C=O) groups excluding carboxylic acids is 2. The predicted molar refractivity (Wildman–Crippen MR) is 62.2 cm³/mol. The molecule has 0 radical (unpaired) electrons. The molecule has 1 atom stereocenters. The molecular weight excluding hydrogens is 256 g/mol. The molecule has 106 valence electrons.